The number of allylic oxidation sites excluding steroid dienone is 5. The van der Waals surface area contributed by atoms with Crippen LogP contribution in [-0.2, 0) is 9.63 Å². The summed E-state index contributed by atoms with van der Waals surface area (Å²) in [4.78, 5) is 29.9. The Labute approximate surface area is 140 Å². The number of carbonyl (C=O) groups excluding carboxylic acids is 2. The summed E-state index contributed by atoms with van der Waals surface area (Å²) in [6.45, 7) is 3.84. The fraction of sp³-hybridized carbons (Fsp3) is 0.300. The molecular formula is C20H19NO3. The van der Waals surface area contributed by atoms with E-state index in [-0.39, 0.29) is 23.5 Å². The van der Waals surface area contributed by atoms with E-state index in [9.17, 15) is 9.59 Å². The molecule has 0 spiro atoms. The predicted molar refractivity (Wildman–Crippen MR) is 89.7 cm³/mol. The Morgan fingerprint density at radius 2 is 1.92 bits per heavy atom. The van der Waals surface area contributed by atoms with E-state index in [0.717, 1.165) is 28.8 Å². The number of hydroxylamine groups is 1. The van der Waals surface area contributed by atoms with Gasteiger partial charge >= 0.3 is 5.97 Å². The highest BCUT2D eigenvalue weighted by Crippen LogP contribution is 2.51. The Balaban J connectivity index is 1.57. The normalized spacial score (nSPS) is 27.2. The molecule has 2 bridgehead atoms. The fourth-order valence-electron chi connectivity index (χ4n) is 3.96. The number of fused-ring (bicyclic) bond motifs is 5. The molecule has 0 aromatic heterocycles. The van der Waals surface area contributed by atoms with Gasteiger partial charge in [0.15, 0.2) is 5.78 Å². The molecule has 4 nitrogen and oxygen atoms in total. The van der Waals surface area contributed by atoms with E-state index in [4.69, 9.17) is 4.84 Å². The quantitative estimate of drug-likeness (QED) is 0.686. The standard InChI is InChI=1S/C20H19NO3/c1-11-3-5-13(6-4-11)20(23)24-21-19-12(2)9-16(22)17-14-7-8-15(10-14)18(17)19/h3-9,14-15,17,21H,10H2,1-2H3/t14-,15-,17-/m1/s1. The minimum absolute atomic E-state index is 0.0933. The molecule has 3 atom stereocenters. The molecular weight excluding hydrogens is 302 g/mol. The molecule has 0 radical (unpaired) electrons. The van der Waals surface area contributed by atoms with Gasteiger partial charge < -0.3 is 4.84 Å². The van der Waals surface area contributed by atoms with Gasteiger partial charge in [0.25, 0.3) is 0 Å². The zero-order chi connectivity index (χ0) is 16.8. The highest BCUT2D eigenvalue weighted by molar-refractivity contribution is 5.98. The molecule has 1 saturated carbocycles. The number of hydrogen-bond donors (Lipinski definition) is 1. The molecule has 0 aliphatic heterocycles. The Morgan fingerprint density at radius 3 is 2.67 bits per heavy atom. The first-order valence-corrected chi connectivity index (χ1v) is 8.23. The van der Waals surface area contributed by atoms with Gasteiger partial charge in [0.2, 0.25) is 0 Å². The van der Waals surface area contributed by atoms with Gasteiger partial charge in [-0.05, 0) is 55.5 Å². The van der Waals surface area contributed by atoms with E-state index in [2.05, 4.69) is 17.6 Å². The smallest absolute Gasteiger partial charge is 0.338 e. The minimum atomic E-state index is -0.428. The molecule has 0 unspecified atom stereocenters. The van der Waals surface area contributed by atoms with Crippen LogP contribution in [0.2, 0.25) is 0 Å². The van der Waals surface area contributed by atoms with Crippen LogP contribution in [0, 0.1) is 24.7 Å². The molecule has 122 valence electrons. The average molecular weight is 321 g/mol. The molecule has 24 heavy (non-hydrogen) atoms. The molecule has 4 heteroatoms. The van der Waals surface area contributed by atoms with Crippen molar-refractivity contribution < 1.29 is 14.4 Å². The van der Waals surface area contributed by atoms with Crippen molar-refractivity contribution >= 4 is 11.8 Å². The number of ketones is 1. The lowest BCUT2D eigenvalue weighted by atomic mass is 9.79. The summed E-state index contributed by atoms with van der Waals surface area (Å²) in [5.74, 6) is 0.196. The van der Waals surface area contributed by atoms with Crippen molar-refractivity contribution in [3.8, 4) is 0 Å². The first-order valence-electron chi connectivity index (χ1n) is 8.23. The number of carbonyl (C=O) groups is 2. The summed E-state index contributed by atoms with van der Waals surface area (Å²) >= 11 is 0. The van der Waals surface area contributed by atoms with E-state index in [1.807, 2.05) is 26.0 Å². The second kappa shape index (κ2) is 5.48. The molecule has 4 rings (SSSR count). The topological polar surface area (TPSA) is 55.4 Å². The van der Waals surface area contributed by atoms with Crippen LogP contribution in [0.5, 0.6) is 0 Å². The average Bonchev–Trinajstić information content (AvgIpc) is 3.16. The third-order valence-electron chi connectivity index (χ3n) is 5.16. The van der Waals surface area contributed by atoms with Crippen molar-refractivity contribution in [1.29, 1.82) is 0 Å². The van der Waals surface area contributed by atoms with Gasteiger partial charge in [-0.1, -0.05) is 29.8 Å². The van der Waals surface area contributed by atoms with Crippen LogP contribution in [0.25, 0.3) is 0 Å². The van der Waals surface area contributed by atoms with Crippen LogP contribution < -0.4 is 5.48 Å². The Hall–Kier alpha value is -2.62. The molecule has 1 aromatic rings. The van der Waals surface area contributed by atoms with Crippen molar-refractivity contribution in [3.63, 3.8) is 0 Å². The summed E-state index contributed by atoms with van der Waals surface area (Å²) in [7, 11) is 0. The summed E-state index contributed by atoms with van der Waals surface area (Å²) in [6, 6.07) is 7.24. The molecule has 1 N–H and O–H groups in total. The van der Waals surface area contributed by atoms with Gasteiger partial charge in [0.05, 0.1) is 17.2 Å². The zero-order valence-corrected chi connectivity index (χ0v) is 13.7. The highest BCUT2D eigenvalue weighted by atomic mass is 16.7. The van der Waals surface area contributed by atoms with Crippen molar-refractivity contribution in [3.05, 3.63) is 70.5 Å². The number of rotatable bonds is 3. The minimum Gasteiger partial charge on any atom is -0.338 e. The Morgan fingerprint density at radius 1 is 1.17 bits per heavy atom. The predicted octanol–water partition coefficient (Wildman–Crippen LogP) is 3.26. The SMILES string of the molecule is CC1=CC(=O)[C@@H]2C(=C1NOC(=O)c1ccc(C)cc1)[C@@H]1C=C[C@@H]2C1. The summed E-state index contributed by atoms with van der Waals surface area (Å²) in [6.07, 6.45) is 6.93. The first-order chi connectivity index (χ1) is 11.5. The monoisotopic (exact) mass is 321 g/mol. The fourth-order valence-corrected chi connectivity index (χ4v) is 3.96. The van der Waals surface area contributed by atoms with Crippen molar-refractivity contribution in [2.75, 3.05) is 0 Å². The van der Waals surface area contributed by atoms with Crippen LogP contribution in [0.3, 0.4) is 0 Å². The first kappa shape index (κ1) is 14.9. The molecule has 0 saturated heterocycles. The van der Waals surface area contributed by atoms with Crippen molar-refractivity contribution in [1.82, 2.24) is 5.48 Å². The maximum absolute atomic E-state index is 12.3. The van der Waals surface area contributed by atoms with E-state index < -0.39 is 5.97 Å². The summed E-state index contributed by atoms with van der Waals surface area (Å²) in [5.41, 5.74) is 7.11. The lowest BCUT2D eigenvalue weighted by molar-refractivity contribution is -0.118. The molecule has 1 aromatic carbocycles. The lowest BCUT2D eigenvalue weighted by Crippen LogP contribution is -2.30. The van der Waals surface area contributed by atoms with Gasteiger partial charge in [0, 0.05) is 5.92 Å². The van der Waals surface area contributed by atoms with E-state index in [1.54, 1.807) is 18.2 Å². The zero-order valence-electron chi connectivity index (χ0n) is 13.7. The second-order valence-electron chi connectivity index (χ2n) is 6.79. The van der Waals surface area contributed by atoms with Gasteiger partial charge in [0.1, 0.15) is 0 Å². The van der Waals surface area contributed by atoms with E-state index in [1.165, 1.54) is 0 Å². The van der Waals surface area contributed by atoms with Gasteiger partial charge in [-0.2, -0.15) is 0 Å². The number of aryl methyl sites for hydroxylation is 1. The molecule has 3 aliphatic carbocycles. The summed E-state index contributed by atoms with van der Waals surface area (Å²) in [5, 5.41) is 0. The molecule has 3 aliphatic rings. The molecule has 1 fully saturated rings. The van der Waals surface area contributed by atoms with Gasteiger partial charge in [-0.3, -0.25) is 4.79 Å². The highest BCUT2D eigenvalue weighted by Gasteiger charge is 2.47. The molecule has 0 amide bonds. The van der Waals surface area contributed by atoms with E-state index in [0.29, 0.717) is 5.56 Å². The summed E-state index contributed by atoms with van der Waals surface area (Å²) < 4.78 is 0. The van der Waals surface area contributed by atoms with Gasteiger partial charge in [-0.25, -0.2) is 10.3 Å². The van der Waals surface area contributed by atoms with Crippen LogP contribution in [0.15, 0.2) is 59.3 Å². The van der Waals surface area contributed by atoms with Gasteiger partial charge in [-0.15, -0.1) is 0 Å². The third kappa shape index (κ3) is 2.30. The van der Waals surface area contributed by atoms with Crippen molar-refractivity contribution in [2.45, 2.75) is 20.3 Å². The van der Waals surface area contributed by atoms with Crippen LogP contribution in [0.1, 0.15) is 29.3 Å². The van der Waals surface area contributed by atoms with Crippen molar-refractivity contribution in [2.24, 2.45) is 17.8 Å². The Bertz CT molecular complexity index is 814. The second-order valence-corrected chi connectivity index (χ2v) is 6.79. The largest absolute Gasteiger partial charge is 0.362 e. The van der Waals surface area contributed by atoms with Crippen LogP contribution >= 0.6 is 0 Å². The third-order valence-corrected chi connectivity index (χ3v) is 5.16. The molecule has 0 heterocycles. The van der Waals surface area contributed by atoms with Crippen LogP contribution in [-0.4, -0.2) is 11.8 Å². The number of benzene rings is 1. The number of hydrogen-bond acceptors (Lipinski definition) is 4. The Kier molecular flexibility index (Phi) is 3.41. The maximum atomic E-state index is 12.3. The van der Waals surface area contributed by atoms with E-state index >= 15 is 0 Å². The number of nitrogens with one attached hydrogen (secondary N) is 1. The maximum Gasteiger partial charge on any atom is 0.362 e. The van der Waals surface area contributed by atoms with Crippen LogP contribution in [0.4, 0.5) is 0 Å². The lowest BCUT2D eigenvalue weighted by Gasteiger charge is -2.27.